The van der Waals surface area contributed by atoms with Gasteiger partial charge in [0.15, 0.2) is 0 Å². The average molecular weight is 321 g/mol. The zero-order chi connectivity index (χ0) is 17.1. The van der Waals surface area contributed by atoms with E-state index in [0.29, 0.717) is 6.54 Å². The Morgan fingerprint density at radius 1 is 1.00 bits per heavy atom. The number of hydrogen-bond acceptors (Lipinski definition) is 2. The van der Waals surface area contributed by atoms with Crippen LogP contribution >= 0.6 is 0 Å². The molecule has 0 bridgehead atoms. The van der Waals surface area contributed by atoms with Crippen molar-refractivity contribution in [2.24, 2.45) is 5.73 Å². The molecule has 0 spiro atoms. The van der Waals surface area contributed by atoms with Crippen LogP contribution in [0.25, 0.3) is 11.1 Å². The number of piperidine rings is 1. The predicted molar refractivity (Wildman–Crippen MR) is 93.9 cm³/mol. The molecule has 1 aliphatic heterocycles. The molecule has 1 aliphatic rings. The molecule has 24 heavy (non-hydrogen) atoms. The lowest BCUT2D eigenvalue weighted by Gasteiger charge is -2.37. The van der Waals surface area contributed by atoms with E-state index < -0.39 is 11.9 Å². The van der Waals surface area contributed by atoms with Gasteiger partial charge in [-0.2, -0.15) is 0 Å². The van der Waals surface area contributed by atoms with Crippen LogP contribution in [0.1, 0.15) is 24.8 Å². The molecule has 2 N–H and O–H groups in total. The molecule has 2 aromatic rings. The van der Waals surface area contributed by atoms with E-state index in [1.807, 2.05) is 24.6 Å². The molecule has 1 radical (unpaired) electrons. The highest BCUT2D eigenvalue weighted by Gasteiger charge is 2.34. The second kappa shape index (κ2) is 6.87. The molecule has 2 aromatic carbocycles. The van der Waals surface area contributed by atoms with Gasteiger partial charge in [-0.3, -0.25) is 9.59 Å². The second-order valence-electron chi connectivity index (χ2n) is 6.14. The van der Waals surface area contributed by atoms with E-state index in [1.54, 1.807) is 0 Å². The summed E-state index contributed by atoms with van der Waals surface area (Å²) in [6, 6.07) is 17.9. The second-order valence-corrected chi connectivity index (χ2v) is 6.14. The molecule has 3 rings (SSSR count). The Morgan fingerprint density at radius 3 is 2.21 bits per heavy atom. The zero-order valence-corrected chi connectivity index (χ0v) is 13.7. The Morgan fingerprint density at radius 2 is 1.62 bits per heavy atom. The maximum Gasteiger partial charge on any atom is 0.240 e. The summed E-state index contributed by atoms with van der Waals surface area (Å²) in [5.74, 6) is -0.466. The number of nitrogens with zero attached hydrogens (tertiary/aromatic N) is 1. The number of hydrogen-bond donors (Lipinski definition) is 1. The first-order chi connectivity index (χ1) is 11.6. The van der Waals surface area contributed by atoms with Gasteiger partial charge >= 0.3 is 0 Å². The summed E-state index contributed by atoms with van der Waals surface area (Å²) in [7, 11) is 0. The summed E-state index contributed by atoms with van der Waals surface area (Å²) in [4.78, 5) is 24.9. The van der Waals surface area contributed by atoms with Crippen molar-refractivity contribution in [2.45, 2.75) is 25.3 Å². The van der Waals surface area contributed by atoms with E-state index in [1.165, 1.54) is 17.4 Å². The monoisotopic (exact) mass is 321 g/mol. The summed E-state index contributed by atoms with van der Waals surface area (Å²) in [6.45, 7) is 2.02. The van der Waals surface area contributed by atoms with Crippen LogP contribution in [-0.4, -0.2) is 29.3 Å². The lowest BCUT2D eigenvalue weighted by molar-refractivity contribution is -0.137. The highest BCUT2D eigenvalue weighted by molar-refractivity contribution is 5.87. The zero-order valence-electron chi connectivity index (χ0n) is 13.7. The van der Waals surface area contributed by atoms with E-state index in [2.05, 4.69) is 36.4 Å². The number of nitrogens with two attached hydrogens (primary N) is 1. The predicted octanol–water partition coefficient (Wildman–Crippen LogP) is 2.75. The van der Waals surface area contributed by atoms with E-state index in [9.17, 15) is 9.59 Å². The van der Waals surface area contributed by atoms with Crippen LogP contribution < -0.4 is 5.73 Å². The molecule has 1 saturated heterocycles. The topological polar surface area (TPSA) is 63.4 Å². The highest BCUT2D eigenvalue weighted by Crippen LogP contribution is 2.32. The Bertz CT molecular complexity index is 725. The first-order valence-corrected chi connectivity index (χ1v) is 8.13. The first-order valence-electron chi connectivity index (χ1n) is 8.13. The van der Waals surface area contributed by atoms with Crippen molar-refractivity contribution in [3.63, 3.8) is 0 Å². The smallest absolute Gasteiger partial charge is 0.240 e. The van der Waals surface area contributed by atoms with Gasteiger partial charge < -0.3 is 10.6 Å². The highest BCUT2D eigenvalue weighted by atomic mass is 16.2. The van der Waals surface area contributed by atoms with Crippen LogP contribution in [0.5, 0.6) is 0 Å². The molecule has 1 heterocycles. The summed E-state index contributed by atoms with van der Waals surface area (Å²) in [5.41, 5.74) is 8.95. The van der Waals surface area contributed by atoms with E-state index >= 15 is 0 Å². The Hall–Kier alpha value is -2.62. The number of carbonyl (C=O) groups is 2. The lowest BCUT2D eigenvalue weighted by atomic mass is 9.84. The average Bonchev–Trinajstić information content (AvgIpc) is 2.62. The van der Waals surface area contributed by atoms with Gasteiger partial charge in [-0.25, -0.2) is 0 Å². The number of rotatable bonds is 3. The van der Waals surface area contributed by atoms with Crippen molar-refractivity contribution >= 4 is 11.8 Å². The quantitative estimate of drug-likeness (QED) is 0.945. The van der Waals surface area contributed by atoms with Crippen molar-refractivity contribution in [1.82, 2.24) is 4.90 Å². The van der Waals surface area contributed by atoms with Crippen molar-refractivity contribution in [3.8, 4) is 11.1 Å². The van der Waals surface area contributed by atoms with Crippen molar-refractivity contribution in [2.75, 3.05) is 6.54 Å². The molecule has 0 aliphatic carbocycles. The first kappa shape index (κ1) is 16.2. The summed E-state index contributed by atoms with van der Waals surface area (Å²) in [6.07, 6.45) is 2.69. The van der Waals surface area contributed by atoms with Crippen molar-refractivity contribution in [3.05, 3.63) is 66.6 Å². The fourth-order valence-electron chi connectivity index (χ4n) is 3.27. The van der Waals surface area contributed by atoms with Gasteiger partial charge in [-0.1, -0.05) is 54.6 Å². The van der Waals surface area contributed by atoms with Gasteiger partial charge in [0.05, 0.1) is 0 Å². The molecule has 0 unspecified atom stereocenters. The number of primary amides is 1. The van der Waals surface area contributed by atoms with Gasteiger partial charge in [0.25, 0.3) is 0 Å². The van der Waals surface area contributed by atoms with Crippen LogP contribution in [0.15, 0.2) is 54.6 Å². The Kier molecular flexibility index (Phi) is 4.65. The SMILES string of the molecule is CC(=O)N1CC[C@H](c2ccc(-c3ccccc3)cc2)[CH][C@H]1C(N)=O. The van der Waals surface area contributed by atoms with Crippen LogP contribution in [0.4, 0.5) is 0 Å². The number of carbonyl (C=O) groups excluding carboxylic acids is 2. The summed E-state index contributed by atoms with van der Waals surface area (Å²) >= 11 is 0. The van der Waals surface area contributed by atoms with Crippen molar-refractivity contribution in [1.29, 1.82) is 0 Å². The van der Waals surface area contributed by atoms with Crippen LogP contribution in [-0.2, 0) is 9.59 Å². The maximum atomic E-state index is 11.7. The third-order valence-electron chi connectivity index (χ3n) is 4.57. The van der Waals surface area contributed by atoms with Gasteiger partial charge in [-0.15, -0.1) is 0 Å². The fourth-order valence-corrected chi connectivity index (χ4v) is 3.27. The Labute approximate surface area is 142 Å². The minimum absolute atomic E-state index is 0.118. The van der Waals surface area contributed by atoms with Crippen LogP contribution in [0, 0.1) is 6.42 Å². The van der Waals surface area contributed by atoms with E-state index in [-0.39, 0.29) is 11.8 Å². The molecule has 2 amide bonds. The molecule has 2 atom stereocenters. The third kappa shape index (κ3) is 3.32. The van der Waals surface area contributed by atoms with Gasteiger partial charge in [0, 0.05) is 19.9 Å². The molecule has 0 saturated carbocycles. The Balaban J connectivity index is 1.77. The summed E-state index contributed by atoms with van der Waals surface area (Å²) < 4.78 is 0. The van der Waals surface area contributed by atoms with Crippen LogP contribution in [0.2, 0.25) is 0 Å². The van der Waals surface area contributed by atoms with Gasteiger partial charge in [0.2, 0.25) is 11.8 Å². The molecule has 4 heteroatoms. The molecule has 1 fully saturated rings. The van der Waals surface area contributed by atoms with Gasteiger partial charge in [0.1, 0.15) is 6.04 Å². The number of benzene rings is 2. The normalized spacial score (nSPS) is 20.6. The van der Waals surface area contributed by atoms with E-state index in [0.717, 1.165) is 17.5 Å². The summed E-state index contributed by atoms with van der Waals surface area (Å²) in [5, 5.41) is 0. The largest absolute Gasteiger partial charge is 0.368 e. The lowest BCUT2D eigenvalue weighted by Crippen LogP contribution is -2.51. The minimum Gasteiger partial charge on any atom is -0.368 e. The fraction of sp³-hybridized carbons (Fsp3) is 0.250. The molecule has 123 valence electrons. The van der Waals surface area contributed by atoms with Crippen molar-refractivity contribution < 1.29 is 9.59 Å². The van der Waals surface area contributed by atoms with Crippen LogP contribution in [0.3, 0.4) is 0 Å². The van der Waals surface area contributed by atoms with Gasteiger partial charge in [-0.05, 0) is 29.0 Å². The third-order valence-corrected chi connectivity index (χ3v) is 4.57. The number of likely N-dealkylation sites (tertiary alicyclic amines) is 1. The molecular weight excluding hydrogens is 300 g/mol. The number of amides is 2. The maximum absolute atomic E-state index is 11.7. The molecule has 0 aromatic heterocycles. The minimum atomic E-state index is -0.630. The molecule has 4 nitrogen and oxygen atoms in total. The molecular formula is C20H21N2O2. The van der Waals surface area contributed by atoms with E-state index in [4.69, 9.17) is 5.73 Å². The standard InChI is InChI=1S/C20H21N2O2/c1-14(23)22-12-11-18(13-19(22)20(21)24)17-9-7-16(8-10-17)15-5-3-2-4-6-15/h2-10,13,18-19H,11-12H2,1H3,(H2,21,24)/t18-,19-/m0/s1.